The zero-order valence-corrected chi connectivity index (χ0v) is 14.6. The fraction of sp³-hybridized carbons (Fsp3) is 0.389. The Labute approximate surface area is 151 Å². The molecule has 2 N–H and O–H groups in total. The van der Waals surface area contributed by atoms with E-state index < -0.39 is 5.91 Å². The Hall–Kier alpha value is -2.18. The topological polar surface area (TPSA) is 86.7 Å². The van der Waals surface area contributed by atoms with E-state index in [-0.39, 0.29) is 24.7 Å². The van der Waals surface area contributed by atoms with E-state index >= 15 is 0 Å². The SMILES string of the molecule is O=C(CCCCCCN1C(=O)C/C(=C\c2ccc(Cl)cc2)C1=O)NO. The van der Waals surface area contributed by atoms with Crippen molar-refractivity contribution in [3.63, 3.8) is 0 Å². The molecule has 1 aliphatic rings. The minimum Gasteiger partial charge on any atom is -0.289 e. The molecule has 0 spiro atoms. The van der Waals surface area contributed by atoms with Gasteiger partial charge in [0.05, 0.1) is 6.42 Å². The van der Waals surface area contributed by atoms with Crippen LogP contribution in [0, 0.1) is 0 Å². The van der Waals surface area contributed by atoms with E-state index in [0.29, 0.717) is 30.0 Å². The second-order valence-corrected chi connectivity index (χ2v) is 6.38. The van der Waals surface area contributed by atoms with E-state index in [1.807, 2.05) is 0 Å². The van der Waals surface area contributed by atoms with Crippen molar-refractivity contribution in [3.8, 4) is 0 Å². The van der Waals surface area contributed by atoms with E-state index in [9.17, 15) is 14.4 Å². The van der Waals surface area contributed by atoms with Gasteiger partial charge in [-0.3, -0.25) is 24.5 Å². The van der Waals surface area contributed by atoms with Crippen LogP contribution in [0.5, 0.6) is 0 Å². The lowest BCUT2D eigenvalue weighted by atomic mass is 10.1. The third-order valence-corrected chi connectivity index (χ3v) is 4.29. The van der Waals surface area contributed by atoms with E-state index in [1.54, 1.807) is 35.8 Å². The summed E-state index contributed by atoms with van der Waals surface area (Å²) in [6.45, 7) is 0.391. The Balaban J connectivity index is 1.80. The van der Waals surface area contributed by atoms with Crippen molar-refractivity contribution in [2.24, 2.45) is 0 Å². The van der Waals surface area contributed by atoms with Gasteiger partial charge >= 0.3 is 0 Å². The van der Waals surface area contributed by atoms with Crippen molar-refractivity contribution in [2.45, 2.75) is 38.5 Å². The molecular weight excluding hydrogens is 344 g/mol. The van der Waals surface area contributed by atoms with Gasteiger partial charge in [-0.2, -0.15) is 0 Å². The molecule has 3 amide bonds. The maximum Gasteiger partial charge on any atom is 0.256 e. The highest BCUT2D eigenvalue weighted by Gasteiger charge is 2.32. The Bertz CT molecular complexity index is 670. The number of hydroxylamine groups is 1. The molecule has 1 aromatic rings. The van der Waals surface area contributed by atoms with Crippen molar-refractivity contribution >= 4 is 35.4 Å². The summed E-state index contributed by atoms with van der Waals surface area (Å²) in [5.41, 5.74) is 2.92. The lowest BCUT2D eigenvalue weighted by molar-refractivity contribution is -0.137. The molecule has 1 aromatic carbocycles. The van der Waals surface area contributed by atoms with Crippen LogP contribution in [0.4, 0.5) is 0 Å². The summed E-state index contributed by atoms with van der Waals surface area (Å²) >= 11 is 5.84. The van der Waals surface area contributed by atoms with Crippen LogP contribution in [0.1, 0.15) is 44.1 Å². The molecule has 0 bridgehead atoms. The van der Waals surface area contributed by atoms with Crippen LogP contribution in [0.2, 0.25) is 5.02 Å². The number of likely N-dealkylation sites (tertiary alicyclic amines) is 1. The predicted molar refractivity (Wildman–Crippen MR) is 93.8 cm³/mol. The molecule has 0 saturated carbocycles. The summed E-state index contributed by atoms with van der Waals surface area (Å²) in [6, 6.07) is 7.09. The number of unbranched alkanes of at least 4 members (excludes halogenated alkanes) is 3. The van der Waals surface area contributed by atoms with Gasteiger partial charge in [0.25, 0.3) is 5.91 Å². The van der Waals surface area contributed by atoms with Gasteiger partial charge in [-0.15, -0.1) is 0 Å². The van der Waals surface area contributed by atoms with Crippen LogP contribution < -0.4 is 5.48 Å². The highest BCUT2D eigenvalue weighted by molar-refractivity contribution is 6.30. The highest BCUT2D eigenvalue weighted by Crippen LogP contribution is 2.23. The zero-order chi connectivity index (χ0) is 18.2. The minimum atomic E-state index is -0.401. The standard InChI is InChI=1S/C18H21ClN2O4/c19-15-8-6-13(7-9-15)11-14-12-17(23)21(18(14)24)10-4-2-1-3-5-16(22)20-25/h6-9,11,25H,1-5,10,12H2,(H,20,22)/b14-11+. The smallest absolute Gasteiger partial charge is 0.256 e. The molecule has 0 aromatic heterocycles. The molecule has 1 heterocycles. The predicted octanol–water partition coefficient (Wildman–Crippen LogP) is 2.94. The number of halogens is 1. The largest absolute Gasteiger partial charge is 0.289 e. The first kappa shape index (κ1) is 19.1. The van der Waals surface area contributed by atoms with Crippen LogP contribution in [-0.4, -0.2) is 34.4 Å². The van der Waals surface area contributed by atoms with Gasteiger partial charge < -0.3 is 0 Å². The van der Waals surface area contributed by atoms with Gasteiger partial charge in [-0.25, -0.2) is 5.48 Å². The number of hydrogen-bond donors (Lipinski definition) is 2. The maximum atomic E-state index is 12.4. The van der Waals surface area contributed by atoms with Crippen molar-refractivity contribution in [1.29, 1.82) is 0 Å². The molecule has 1 saturated heterocycles. The number of benzene rings is 1. The first-order chi connectivity index (χ1) is 12.0. The van der Waals surface area contributed by atoms with Crippen molar-refractivity contribution in [3.05, 3.63) is 40.4 Å². The summed E-state index contributed by atoms with van der Waals surface area (Å²) in [5, 5.41) is 9.01. The molecule has 6 nitrogen and oxygen atoms in total. The van der Waals surface area contributed by atoms with E-state index in [1.165, 1.54) is 4.90 Å². The number of amides is 3. The summed E-state index contributed by atoms with van der Waals surface area (Å²) in [4.78, 5) is 36.6. The molecule has 0 radical (unpaired) electrons. The first-order valence-electron chi connectivity index (χ1n) is 8.25. The molecule has 7 heteroatoms. The number of carbonyl (C=O) groups excluding carboxylic acids is 3. The molecule has 0 atom stereocenters. The monoisotopic (exact) mass is 364 g/mol. The van der Waals surface area contributed by atoms with Crippen molar-refractivity contribution < 1.29 is 19.6 Å². The van der Waals surface area contributed by atoms with Gasteiger partial charge in [0.2, 0.25) is 11.8 Å². The Morgan fingerprint density at radius 3 is 2.52 bits per heavy atom. The van der Waals surface area contributed by atoms with Crippen LogP contribution in [0.25, 0.3) is 6.08 Å². The number of imide groups is 1. The molecule has 1 fully saturated rings. The summed E-state index contributed by atoms with van der Waals surface area (Å²) < 4.78 is 0. The van der Waals surface area contributed by atoms with Crippen LogP contribution >= 0.6 is 11.6 Å². The summed E-state index contributed by atoms with van der Waals surface area (Å²) in [6.07, 6.45) is 5.10. The highest BCUT2D eigenvalue weighted by atomic mass is 35.5. The van der Waals surface area contributed by atoms with Gasteiger partial charge in [-0.1, -0.05) is 36.6 Å². The van der Waals surface area contributed by atoms with Crippen molar-refractivity contribution in [2.75, 3.05) is 6.54 Å². The van der Waals surface area contributed by atoms with Gasteiger partial charge in [-0.05, 0) is 36.6 Å². The Kier molecular flexibility index (Phi) is 7.16. The second kappa shape index (κ2) is 9.34. The molecule has 25 heavy (non-hydrogen) atoms. The lowest BCUT2D eigenvalue weighted by Gasteiger charge is -2.13. The fourth-order valence-electron chi connectivity index (χ4n) is 2.68. The molecule has 2 rings (SSSR count). The van der Waals surface area contributed by atoms with E-state index in [0.717, 1.165) is 18.4 Å². The van der Waals surface area contributed by atoms with E-state index in [2.05, 4.69) is 0 Å². The second-order valence-electron chi connectivity index (χ2n) is 5.95. The average Bonchev–Trinajstić information content (AvgIpc) is 2.86. The average molecular weight is 365 g/mol. The number of rotatable bonds is 8. The molecular formula is C18H21ClN2O4. The van der Waals surface area contributed by atoms with Crippen molar-refractivity contribution in [1.82, 2.24) is 10.4 Å². The van der Waals surface area contributed by atoms with Crippen LogP contribution in [-0.2, 0) is 14.4 Å². The van der Waals surface area contributed by atoms with Crippen LogP contribution in [0.3, 0.4) is 0 Å². The third-order valence-electron chi connectivity index (χ3n) is 4.03. The van der Waals surface area contributed by atoms with Gasteiger partial charge in [0.15, 0.2) is 0 Å². The molecule has 134 valence electrons. The molecule has 1 aliphatic heterocycles. The Morgan fingerprint density at radius 2 is 1.84 bits per heavy atom. The first-order valence-corrected chi connectivity index (χ1v) is 8.63. The number of hydrogen-bond acceptors (Lipinski definition) is 4. The fourth-order valence-corrected chi connectivity index (χ4v) is 2.81. The lowest BCUT2D eigenvalue weighted by Crippen LogP contribution is -2.30. The van der Waals surface area contributed by atoms with Gasteiger partial charge in [0, 0.05) is 23.6 Å². The quantitative estimate of drug-likeness (QED) is 0.244. The van der Waals surface area contributed by atoms with Gasteiger partial charge in [0.1, 0.15) is 0 Å². The number of carbonyl (C=O) groups is 3. The Morgan fingerprint density at radius 1 is 1.16 bits per heavy atom. The molecule has 0 aliphatic carbocycles. The minimum absolute atomic E-state index is 0.123. The number of nitrogens with one attached hydrogen (secondary N) is 1. The van der Waals surface area contributed by atoms with Crippen LogP contribution in [0.15, 0.2) is 29.8 Å². The third kappa shape index (κ3) is 5.69. The summed E-state index contributed by atoms with van der Waals surface area (Å²) in [7, 11) is 0. The zero-order valence-electron chi connectivity index (χ0n) is 13.8. The molecule has 0 unspecified atom stereocenters. The summed E-state index contributed by atoms with van der Waals surface area (Å²) in [5.74, 6) is -0.814. The normalized spacial score (nSPS) is 15.9. The maximum absolute atomic E-state index is 12.4. The number of nitrogens with zero attached hydrogens (tertiary/aromatic N) is 1. The van der Waals surface area contributed by atoms with E-state index in [4.69, 9.17) is 16.8 Å².